The van der Waals surface area contributed by atoms with Crippen LogP contribution in [0.5, 0.6) is 0 Å². The Hall–Kier alpha value is -3.17. The topological polar surface area (TPSA) is 70.7 Å². The zero-order valence-electron chi connectivity index (χ0n) is 15.5. The van der Waals surface area contributed by atoms with Gasteiger partial charge in [-0.3, -0.25) is 9.36 Å². The van der Waals surface area contributed by atoms with Crippen molar-refractivity contribution in [3.8, 4) is 11.2 Å². The number of nitriles is 1. The van der Waals surface area contributed by atoms with Gasteiger partial charge >= 0.3 is 0 Å². The third-order valence-corrected chi connectivity index (χ3v) is 5.12. The maximum absolute atomic E-state index is 12.5. The number of hydrogen-bond donors (Lipinski definition) is 1. The van der Waals surface area contributed by atoms with Crippen LogP contribution < -0.4 is 5.32 Å². The van der Waals surface area contributed by atoms with Crippen LogP contribution in [0.1, 0.15) is 29.4 Å². The van der Waals surface area contributed by atoms with Crippen LogP contribution in [-0.4, -0.2) is 15.5 Å². The maximum Gasteiger partial charge on any atom is 0.266 e. The van der Waals surface area contributed by atoms with E-state index in [1.807, 2.05) is 60.2 Å². The first-order chi connectivity index (χ1) is 13.0. The van der Waals surface area contributed by atoms with Gasteiger partial charge in [-0.2, -0.15) is 5.26 Å². The predicted molar refractivity (Wildman–Crippen MR) is 109 cm³/mol. The van der Waals surface area contributed by atoms with Crippen LogP contribution in [0, 0.1) is 25.2 Å². The van der Waals surface area contributed by atoms with Crippen LogP contribution in [0.15, 0.2) is 47.5 Å². The Morgan fingerprint density at radius 1 is 1.33 bits per heavy atom. The number of nitrogens with zero attached hydrogens (tertiary/aromatic N) is 3. The third-order valence-electron chi connectivity index (χ3n) is 4.37. The normalized spacial score (nSPS) is 11.3. The Labute approximate surface area is 162 Å². The molecule has 27 heavy (non-hydrogen) atoms. The first-order valence-electron chi connectivity index (χ1n) is 8.64. The number of thiazole rings is 1. The molecule has 0 aliphatic heterocycles. The third kappa shape index (κ3) is 3.99. The summed E-state index contributed by atoms with van der Waals surface area (Å²) in [5.41, 5.74) is 4.70. The molecule has 136 valence electrons. The van der Waals surface area contributed by atoms with Gasteiger partial charge in [0.1, 0.15) is 11.6 Å². The van der Waals surface area contributed by atoms with E-state index in [0.717, 1.165) is 28.5 Å². The standard InChI is InChI=1S/C21H20N4OS/c1-4-16-5-7-19(8-6-16)24-20(26)18(13-22)12-17-11-14(2)25(15(17)3)21-23-9-10-27-21/h5-12H,4H2,1-3H3,(H,24,26)/b18-12+. The fraction of sp³-hybridized carbons (Fsp3) is 0.190. The molecule has 0 spiro atoms. The highest BCUT2D eigenvalue weighted by atomic mass is 32.1. The number of benzene rings is 1. The lowest BCUT2D eigenvalue weighted by molar-refractivity contribution is -0.112. The molecule has 6 heteroatoms. The van der Waals surface area contributed by atoms with Crippen LogP contribution in [0.4, 0.5) is 5.69 Å². The smallest absolute Gasteiger partial charge is 0.266 e. The van der Waals surface area contributed by atoms with E-state index in [2.05, 4.69) is 17.2 Å². The van der Waals surface area contributed by atoms with Crippen molar-refractivity contribution in [2.24, 2.45) is 0 Å². The van der Waals surface area contributed by atoms with E-state index in [0.29, 0.717) is 5.69 Å². The molecule has 1 amide bonds. The minimum absolute atomic E-state index is 0.0638. The Morgan fingerprint density at radius 3 is 2.67 bits per heavy atom. The lowest BCUT2D eigenvalue weighted by Crippen LogP contribution is -2.13. The quantitative estimate of drug-likeness (QED) is 0.520. The first kappa shape index (κ1) is 18.6. The van der Waals surface area contributed by atoms with E-state index in [4.69, 9.17) is 0 Å². The number of rotatable bonds is 5. The summed E-state index contributed by atoms with van der Waals surface area (Å²) in [4.78, 5) is 16.9. The van der Waals surface area contributed by atoms with Crippen molar-refractivity contribution in [3.05, 3.63) is 70.0 Å². The number of nitrogens with one attached hydrogen (secondary N) is 1. The van der Waals surface area contributed by atoms with E-state index in [9.17, 15) is 10.1 Å². The molecule has 2 aromatic heterocycles. The molecule has 3 rings (SSSR count). The molecule has 1 N–H and O–H groups in total. The highest BCUT2D eigenvalue weighted by molar-refractivity contribution is 7.12. The summed E-state index contributed by atoms with van der Waals surface area (Å²) >= 11 is 1.54. The van der Waals surface area contributed by atoms with Gasteiger partial charge < -0.3 is 5.32 Å². The summed E-state index contributed by atoms with van der Waals surface area (Å²) < 4.78 is 2.02. The molecule has 0 aliphatic rings. The van der Waals surface area contributed by atoms with Crippen molar-refractivity contribution in [1.82, 2.24) is 9.55 Å². The average molecular weight is 376 g/mol. The number of carbonyl (C=O) groups excluding carboxylic acids is 1. The molecule has 0 aliphatic carbocycles. The molecule has 3 aromatic rings. The van der Waals surface area contributed by atoms with Crippen molar-refractivity contribution >= 4 is 29.0 Å². The van der Waals surface area contributed by atoms with Crippen molar-refractivity contribution in [2.45, 2.75) is 27.2 Å². The number of amides is 1. The van der Waals surface area contributed by atoms with Crippen molar-refractivity contribution in [2.75, 3.05) is 5.32 Å². The van der Waals surface area contributed by atoms with Crippen molar-refractivity contribution < 1.29 is 4.79 Å². The molecule has 0 saturated carbocycles. The van der Waals surface area contributed by atoms with Crippen molar-refractivity contribution in [1.29, 1.82) is 5.26 Å². The molecular weight excluding hydrogens is 356 g/mol. The largest absolute Gasteiger partial charge is 0.321 e. The molecule has 0 saturated heterocycles. The number of hydrogen-bond acceptors (Lipinski definition) is 4. The Bertz CT molecular complexity index is 1020. The number of aryl methyl sites for hydroxylation is 2. The van der Waals surface area contributed by atoms with Gasteiger partial charge in [0.2, 0.25) is 0 Å². The van der Waals surface area contributed by atoms with Gasteiger partial charge in [-0.25, -0.2) is 4.98 Å². The van der Waals surface area contributed by atoms with Gasteiger partial charge in [-0.05, 0) is 55.7 Å². The molecule has 2 heterocycles. The lowest BCUT2D eigenvalue weighted by Gasteiger charge is -2.06. The summed E-state index contributed by atoms with van der Waals surface area (Å²) in [5.74, 6) is -0.416. The number of anilines is 1. The van der Waals surface area contributed by atoms with Gasteiger partial charge in [0, 0.05) is 28.7 Å². The van der Waals surface area contributed by atoms with E-state index >= 15 is 0 Å². The summed E-state index contributed by atoms with van der Waals surface area (Å²) in [7, 11) is 0. The maximum atomic E-state index is 12.5. The monoisotopic (exact) mass is 376 g/mol. The molecule has 0 fully saturated rings. The lowest BCUT2D eigenvalue weighted by atomic mass is 10.1. The van der Waals surface area contributed by atoms with Crippen LogP contribution in [0.2, 0.25) is 0 Å². The highest BCUT2D eigenvalue weighted by Crippen LogP contribution is 2.24. The molecule has 0 radical (unpaired) electrons. The SMILES string of the molecule is CCc1ccc(NC(=O)/C(C#N)=C/c2cc(C)n(-c3nccs3)c2C)cc1. The molecule has 0 bridgehead atoms. The van der Waals surface area contributed by atoms with Crippen molar-refractivity contribution in [3.63, 3.8) is 0 Å². The Morgan fingerprint density at radius 2 is 2.07 bits per heavy atom. The van der Waals surface area contributed by atoms with Crippen LogP contribution in [0.3, 0.4) is 0 Å². The number of aromatic nitrogens is 2. The minimum atomic E-state index is -0.416. The Balaban J connectivity index is 1.87. The fourth-order valence-electron chi connectivity index (χ4n) is 2.88. The van der Waals surface area contributed by atoms with Gasteiger partial charge in [-0.15, -0.1) is 11.3 Å². The minimum Gasteiger partial charge on any atom is -0.321 e. The molecule has 5 nitrogen and oxygen atoms in total. The first-order valence-corrected chi connectivity index (χ1v) is 9.52. The van der Waals surface area contributed by atoms with Gasteiger partial charge in [0.25, 0.3) is 5.91 Å². The second-order valence-corrected chi connectivity index (χ2v) is 7.02. The van der Waals surface area contributed by atoms with E-state index in [-0.39, 0.29) is 5.57 Å². The number of carbonyl (C=O) groups is 1. The summed E-state index contributed by atoms with van der Waals surface area (Å²) in [5, 5.41) is 15.0. The predicted octanol–water partition coefficient (Wildman–Crippen LogP) is 4.66. The second-order valence-electron chi connectivity index (χ2n) is 6.15. The zero-order chi connectivity index (χ0) is 19.4. The molecule has 0 atom stereocenters. The van der Waals surface area contributed by atoms with E-state index in [1.54, 1.807) is 23.6 Å². The van der Waals surface area contributed by atoms with Crippen LogP contribution >= 0.6 is 11.3 Å². The zero-order valence-corrected chi connectivity index (χ0v) is 16.3. The van der Waals surface area contributed by atoms with Gasteiger partial charge in [0.15, 0.2) is 5.13 Å². The molecule has 0 unspecified atom stereocenters. The average Bonchev–Trinajstić information content (AvgIpc) is 3.28. The van der Waals surface area contributed by atoms with E-state index < -0.39 is 5.91 Å². The van der Waals surface area contributed by atoms with Gasteiger partial charge in [0.05, 0.1) is 0 Å². The Kier molecular flexibility index (Phi) is 5.53. The second kappa shape index (κ2) is 8.02. The van der Waals surface area contributed by atoms with Gasteiger partial charge in [-0.1, -0.05) is 19.1 Å². The molecular formula is C21H20N4OS. The summed E-state index contributed by atoms with van der Waals surface area (Å²) in [6, 6.07) is 11.6. The van der Waals surface area contributed by atoms with Crippen LogP contribution in [0.25, 0.3) is 11.2 Å². The van der Waals surface area contributed by atoms with E-state index in [1.165, 1.54) is 5.56 Å². The highest BCUT2D eigenvalue weighted by Gasteiger charge is 2.14. The van der Waals surface area contributed by atoms with Crippen LogP contribution in [-0.2, 0) is 11.2 Å². The fourth-order valence-corrected chi connectivity index (χ4v) is 3.63. The summed E-state index contributed by atoms with van der Waals surface area (Å²) in [6.45, 7) is 6.01. The molecule has 1 aromatic carbocycles. The summed E-state index contributed by atoms with van der Waals surface area (Å²) in [6.07, 6.45) is 4.32.